The zero-order valence-electron chi connectivity index (χ0n) is 11.5. The van der Waals surface area contributed by atoms with Crippen LogP contribution in [0.1, 0.15) is 59.8 Å². The molecule has 0 fully saturated rings. The summed E-state index contributed by atoms with van der Waals surface area (Å²) in [7, 11) is 0. The minimum absolute atomic E-state index is 0.801. The first-order valence-corrected chi connectivity index (χ1v) is 7.13. The second kappa shape index (κ2) is 6.93. The third-order valence-corrected chi connectivity index (χ3v) is 4.30. The molecule has 0 aromatic rings. The standard InChI is InChI=1S/C16H28/c1-5-13(6-2)15-10-9-11-16(12-15)14(7-3)8-4/h9-11,13-15H,5-8,12H2,1-4H3. The van der Waals surface area contributed by atoms with Crippen molar-refractivity contribution in [2.24, 2.45) is 17.8 Å². The smallest absolute Gasteiger partial charge is 0.0165 e. The predicted octanol–water partition coefficient (Wildman–Crippen LogP) is 5.36. The second-order valence-electron chi connectivity index (χ2n) is 5.08. The summed E-state index contributed by atoms with van der Waals surface area (Å²) in [4.78, 5) is 0. The van der Waals surface area contributed by atoms with Gasteiger partial charge in [0.15, 0.2) is 0 Å². The Labute approximate surface area is 102 Å². The Morgan fingerprint density at radius 2 is 1.69 bits per heavy atom. The van der Waals surface area contributed by atoms with Crippen LogP contribution in [0.2, 0.25) is 0 Å². The van der Waals surface area contributed by atoms with E-state index >= 15 is 0 Å². The highest BCUT2D eigenvalue weighted by Gasteiger charge is 2.21. The van der Waals surface area contributed by atoms with Gasteiger partial charge >= 0.3 is 0 Å². The minimum atomic E-state index is 0.801. The molecule has 16 heavy (non-hydrogen) atoms. The predicted molar refractivity (Wildman–Crippen MR) is 73.5 cm³/mol. The van der Waals surface area contributed by atoms with Crippen molar-refractivity contribution in [2.45, 2.75) is 59.8 Å². The molecule has 0 N–H and O–H groups in total. The lowest BCUT2D eigenvalue weighted by Gasteiger charge is -2.28. The molecule has 1 aliphatic carbocycles. The third kappa shape index (κ3) is 3.23. The fourth-order valence-corrected chi connectivity index (χ4v) is 3.06. The van der Waals surface area contributed by atoms with E-state index in [2.05, 4.69) is 45.9 Å². The highest BCUT2D eigenvalue weighted by atomic mass is 14.3. The van der Waals surface area contributed by atoms with E-state index in [1.807, 2.05) is 0 Å². The van der Waals surface area contributed by atoms with Gasteiger partial charge in [-0.1, -0.05) is 64.3 Å². The van der Waals surface area contributed by atoms with Crippen LogP contribution in [-0.4, -0.2) is 0 Å². The molecule has 0 spiro atoms. The van der Waals surface area contributed by atoms with Gasteiger partial charge in [-0.2, -0.15) is 0 Å². The Morgan fingerprint density at radius 1 is 1.06 bits per heavy atom. The maximum atomic E-state index is 2.43. The van der Waals surface area contributed by atoms with Crippen LogP contribution in [0.3, 0.4) is 0 Å². The first-order chi connectivity index (χ1) is 7.76. The molecule has 0 bridgehead atoms. The lowest BCUT2D eigenvalue weighted by Crippen LogP contribution is -2.16. The van der Waals surface area contributed by atoms with Crippen LogP contribution >= 0.6 is 0 Å². The largest absolute Gasteiger partial charge is 0.0808 e. The maximum absolute atomic E-state index is 2.43. The van der Waals surface area contributed by atoms with Crippen LogP contribution in [0.4, 0.5) is 0 Å². The van der Waals surface area contributed by atoms with E-state index in [-0.39, 0.29) is 0 Å². The van der Waals surface area contributed by atoms with E-state index in [9.17, 15) is 0 Å². The molecule has 0 aromatic heterocycles. The highest BCUT2D eigenvalue weighted by molar-refractivity contribution is 5.22. The van der Waals surface area contributed by atoms with Crippen LogP contribution in [0.15, 0.2) is 23.8 Å². The average molecular weight is 220 g/mol. The molecule has 0 saturated heterocycles. The molecular weight excluding hydrogens is 192 g/mol. The van der Waals surface area contributed by atoms with Crippen LogP contribution in [0.25, 0.3) is 0 Å². The lowest BCUT2D eigenvalue weighted by atomic mass is 9.77. The van der Waals surface area contributed by atoms with Crippen molar-refractivity contribution in [2.75, 3.05) is 0 Å². The molecule has 0 radical (unpaired) electrons. The summed E-state index contributed by atoms with van der Waals surface area (Å²) in [5.41, 5.74) is 1.70. The molecule has 1 atom stereocenters. The molecule has 0 heterocycles. The molecule has 0 heteroatoms. The monoisotopic (exact) mass is 220 g/mol. The first kappa shape index (κ1) is 13.5. The summed E-state index contributed by atoms with van der Waals surface area (Å²) in [5.74, 6) is 2.51. The zero-order chi connectivity index (χ0) is 12.0. The van der Waals surface area contributed by atoms with E-state index < -0.39 is 0 Å². The molecule has 0 aliphatic heterocycles. The van der Waals surface area contributed by atoms with Gasteiger partial charge in [0.1, 0.15) is 0 Å². The van der Waals surface area contributed by atoms with Gasteiger partial charge in [-0.3, -0.25) is 0 Å². The van der Waals surface area contributed by atoms with Gasteiger partial charge in [-0.25, -0.2) is 0 Å². The Hall–Kier alpha value is -0.520. The number of hydrogen-bond donors (Lipinski definition) is 0. The van der Waals surface area contributed by atoms with Crippen LogP contribution in [0, 0.1) is 17.8 Å². The van der Waals surface area contributed by atoms with E-state index in [1.54, 1.807) is 5.57 Å². The van der Waals surface area contributed by atoms with Crippen molar-refractivity contribution in [3.63, 3.8) is 0 Å². The van der Waals surface area contributed by atoms with E-state index in [4.69, 9.17) is 0 Å². The van der Waals surface area contributed by atoms with Crippen molar-refractivity contribution in [3.05, 3.63) is 23.8 Å². The number of allylic oxidation sites excluding steroid dienone is 4. The van der Waals surface area contributed by atoms with Crippen molar-refractivity contribution in [1.29, 1.82) is 0 Å². The van der Waals surface area contributed by atoms with Crippen molar-refractivity contribution in [3.8, 4) is 0 Å². The Morgan fingerprint density at radius 3 is 2.19 bits per heavy atom. The van der Waals surface area contributed by atoms with Gasteiger partial charge in [0.25, 0.3) is 0 Å². The lowest BCUT2D eigenvalue weighted by molar-refractivity contribution is 0.352. The molecule has 0 saturated carbocycles. The second-order valence-corrected chi connectivity index (χ2v) is 5.08. The molecule has 0 amide bonds. The SMILES string of the molecule is CCC(CC)C1=CC=CC(C(CC)CC)C1. The van der Waals surface area contributed by atoms with Gasteiger partial charge in [-0.05, 0) is 37.0 Å². The summed E-state index contributed by atoms with van der Waals surface area (Å²) in [5, 5.41) is 0. The Bertz CT molecular complexity index is 239. The van der Waals surface area contributed by atoms with Gasteiger partial charge in [0.2, 0.25) is 0 Å². The molecule has 1 aliphatic rings. The molecule has 1 unspecified atom stereocenters. The first-order valence-electron chi connectivity index (χ1n) is 7.13. The van der Waals surface area contributed by atoms with Crippen LogP contribution in [-0.2, 0) is 0 Å². The topological polar surface area (TPSA) is 0 Å². The molecule has 0 aromatic carbocycles. The maximum Gasteiger partial charge on any atom is -0.0165 e. The van der Waals surface area contributed by atoms with Crippen molar-refractivity contribution in [1.82, 2.24) is 0 Å². The molecule has 92 valence electrons. The summed E-state index contributed by atoms with van der Waals surface area (Å²) in [6.45, 7) is 9.30. The minimum Gasteiger partial charge on any atom is -0.0808 e. The summed E-state index contributed by atoms with van der Waals surface area (Å²) in [6.07, 6.45) is 13.7. The fraction of sp³-hybridized carbons (Fsp3) is 0.750. The Kier molecular flexibility index (Phi) is 5.87. The van der Waals surface area contributed by atoms with Crippen LogP contribution in [0.5, 0.6) is 0 Å². The summed E-state index contributed by atoms with van der Waals surface area (Å²) >= 11 is 0. The highest BCUT2D eigenvalue weighted by Crippen LogP contribution is 2.34. The quantitative estimate of drug-likeness (QED) is 0.565. The van der Waals surface area contributed by atoms with Crippen molar-refractivity contribution < 1.29 is 0 Å². The van der Waals surface area contributed by atoms with Gasteiger partial charge in [-0.15, -0.1) is 0 Å². The van der Waals surface area contributed by atoms with Gasteiger partial charge in [0, 0.05) is 0 Å². The van der Waals surface area contributed by atoms with Gasteiger partial charge < -0.3 is 0 Å². The molecule has 0 nitrogen and oxygen atoms in total. The zero-order valence-corrected chi connectivity index (χ0v) is 11.5. The summed E-state index contributed by atoms with van der Waals surface area (Å²) < 4.78 is 0. The molecular formula is C16H28. The van der Waals surface area contributed by atoms with E-state index in [1.165, 1.54) is 32.1 Å². The fourth-order valence-electron chi connectivity index (χ4n) is 3.06. The van der Waals surface area contributed by atoms with E-state index in [0.29, 0.717) is 0 Å². The van der Waals surface area contributed by atoms with Gasteiger partial charge in [0.05, 0.1) is 0 Å². The summed E-state index contributed by atoms with van der Waals surface area (Å²) in [6, 6.07) is 0. The Balaban J connectivity index is 2.65. The normalized spacial score (nSPS) is 20.6. The number of hydrogen-bond acceptors (Lipinski definition) is 0. The average Bonchev–Trinajstić information content (AvgIpc) is 2.33. The number of rotatable bonds is 6. The van der Waals surface area contributed by atoms with Crippen LogP contribution < -0.4 is 0 Å². The van der Waals surface area contributed by atoms with E-state index in [0.717, 1.165) is 17.8 Å². The third-order valence-electron chi connectivity index (χ3n) is 4.30. The molecule has 1 rings (SSSR count). The van der Waals surface area contributed by atoms with Crippen molar-refractivity contribution >= 4 is 0 Å².